The molecule has 0 spiro atoms. The summed E-state index contributed by atoms with van der Waals surface area (Å²) in [6.07, 6.45) is 73.1. The number of carbonyl (C=O) groups excluding carboxylic acids is 3. The molecule has 0 radical (unpaired) electrons. The van der Waals surface area contributed by atoms with Crippen LogP contribution in [-0.4, -0.2) is 37.2 Å². The minimum absolute atomic E-state index is 0.108. The van der Waals surface area contributed by atoms with E-state index in [0.717, 1.165) is 83.5 Å². The zero-order valence-electron chi connectivity index (χ0n) is 44.6. The molecule has 0 aromatic heterocycles. The lowest BCUT2D eigenvalue weighted by Gasteiger charge is -2.18. The summed E-state index contributed by atoms with van der Waals surface area (Å²) in [7, 11) is 0. The molecule has 0 aliphatic carbocycles. The molecule has 1 atom stereocenters. The third-order valence-corrected chi connectivity index (χ3v) is 12.2. The van der Waals surface area contributed by atoms with E-state index in [4.69, 9.17) is 14.2 Å². The van der Waals surface area contributed by atoms with Gasteiger partial charge < -0.3 is 14.2 Å². The molecule has 0 aromatic rings. The predicted octanol–water partition coefficient (Wildman–Crippen LogP) is 19.2. The summed E-state index contributed by atoms with van der Waals surface area (Å²) in [5.74, 6) is -1.04. The van der Waals surface area contributed by atoms with Crippen LogP contribution in [-0.2, 0) is 28.6 Å². The molecule has 0 aliphatic rings. The van der Waals surface area contributed by atoms with Crippen LogP contribution in [0.1, 0.15) is 271 Å². The highest BCUT2D eigenvalue weighted by molar-refractivity contribution is 5.72. The summed E-state index contributed by atoms with van der Waals surface area (Å²) in [6, 6.07) is 0. The number of hydrogen-bond acceptors (Lipinski definition) is 6. The monoisotopic (exact) mass is 947 g/mol. The first kappa shape index (κ1) is 64.6. The maximum absolute atomic E-state index is 12.8. The second kappa shape index (κ2) is 56.2. The van der Waals surface area contributed by atoms with Crippen LogP contribution in [0.3, 0.4) is 0 Å². The molecule has 0 fully saturated rings. The van der Waals surface area contributed by atoms with Crippen LogP contribution in [0.2, 0.25) is 0 Å². The quantitative estimate of drug-likeness (QED) is 0.0262. The Labute approximate surface area is 420 Å². The van der Waals surface area contributed by atoms with Crippen molar-refractivity contribution in [2.75, 3.05) is 13.2 Å². The van der Waals surface area contributed by atoms with Crippen molar-refractivity contribution in [3.63, 3.8) is 0 Å². The molecule has 0 N–H and O–H groups in total. The van der Waals surface area contributed by atoms with Crippen molar-refractivity contribution in [2.45, 2.75) is 277 Å². The second-order valence-electron chi connectivity index (χ2n) is 18.8. The molecule has 0 rings (SSSR count). The molecule has 6 heteroatoms. The lowest BCUT2D eigenvalue weighted by molar-refractivity contribution is -0.166. The van der Waals surface area contributed by atoms with E-state index in [1.54, 1.807) is 6.08 Å². The Hall–Kier alpha value is -3.41. The van der Waals surface area contributed by atoms with Crippen LogP contribution >= 0.6 is 0 Å². The fraction of sp³-hybridized carbons (Fsp3) is 0.726. The molecule has 0 aromatic carbocycles. The molecule has 0 saturated carbocycles. The third kappa shape index (κ3) is 53.5. The molecular weight excluding hydrogens is 841 g/mol. The molecule has 0 amide bonds. The molecule has 1 unspecified atom stereocenters. The lowest BCUT2D eigenvalue weighted by Crippen LogP contribution is -2.30. The fourth-order valence-electron chi connectivity index (χ4n) is 7.90. The lowest BCUT2D eigenvalue weighted by atomic mass is 10.0. The van der Waals surface area contributed by atoms with Gasteiger partial charge in [0.25, 0.3) is 0 Å². The number of hydrogen-bond donors (Lipinski definition) is 0. The molecule has 0 aliphatic heterocycles. The Morgan fingerprint density at radius 2 is 0.632 bits per heavy atom. The van der Waals surface area contributed by atoms with Crippen LogP contribution in [0, 0.1) is 0 Å². The molecule has 390 valence electrons. The molecular formula is C62H106O6. The van der Waals surface area contributed by atoms with Crippen molar-refractivity contribution in [3.8, 4) is 0 Å². The van der Waals surface area contributed by atoms with Crippen molar-refractivity contribution >= 4 is 17.9 Å². The van der Waals surface area contributed by atoms with E-state index < -0.39 is 12.1 Å². The smallest absolute Gasteiger partial charge is 0.309 e. The van der Waals surface area contributed by atoms with Crippen molar-refractivity contribution in [3.05, 3.63) is 85.1 Å². The van der Waals surface area contributed by atoms with Gasteiger partial charge in [0.2, 0.25) is 0 Å². The third-order valence-electron chi connectivity index (χ3n) is 12.2. The minimum Gasteiger partial charge on any atom is -0.462 e. The largest absolute Gasteiger partial charge is 0.462 e. The normalized spacial score (nSPS) is 12.7. The van der Waals surface area contributed by atoms with Crippen LogP contribution in [0.15, 0.2) is 85.1 Å². The summed E-state index contributed by atoms with van der Waals surface area (Å²) in [6.45, 7) is 6.43. The van der Waals surface area contributed by atoms with Crippen molar-refractivity contribution in [1.82, 2.24) is 0 Å². The maximum Gasteiger partial charge on any atom is 0.309 e. The minimum atomic E-state index is -0.819. The van der Waals surface area contributed by atoms with E-state index in [9.17, 15) is 14.4 Å². The Morgan fingerprint density at radius 1 is 0.324 bits per heavy atom. The zero-order valence-corrected chi connectivity index (χ0v) is 44.6. The zero-order chi connectivity index (χ0) is 49.3. The number of esters is 3. The molecule has 68 heavy (non-hydrogen) atoms. The van der Waals surface area contributed by atoms with E-state index in [1.165, 1.54) is 148 Å². The van der Waals surface area contributed by atoms with Gasteiger partial charge in [-0.15, -0.1) is 0 Å². The molecule has 0 saturated heterocycles. The van der Waals surface area contributed by atoms with Gasteiger partial charge in [-0.3, -0.25) is 14.4 Å². The van der Waals surface area contributed by atoms with Crippen molar-refractivity contribution in [2.24, 2.45) is 0 Å². The topological polar surface area (TPSA) is 78.9 Å². The number of allylic oxidation sites excluding steroid dienone is 13. The van der Waals surface area contributed by atoms with Gasteiger partial charge in [-0.2, -0.15) is 0 Å². The fourth-order valence-corrected chi connectivity index (χ4v) is 7.90. The van der Waals surface area contributed by atoms with Gasteiger partial charge in [0.05, 0.1) is 6.42 Å². The van der Waals surface area contributed by atoms with Crippen LogP contribution in [0.5, 0.6) is 0 Å². The first-order valence-corrected chi connectivity index (χ1v) is 28.6. The number of rotatable bonds is 51. The van der Waals surface area contributed by atoms with Crippen molar-refractivity contribution < 1.29 is 28.6 Å². The van der Waals surface area contributed by atoms with Gasteiger partial charge in [0.1, 0.15) is 13.2 Å². The van der Waals surface area contributed by atoms with E-state index in [-0.39, 0.29) is 31.6 Å². The van der Waals surface area contributed by atoms with E-state index in [1.807, 2.05) is 6.08 Å². The Morgan fingerprint density at radius 3 is 1.06 bits per heavy atom. The van der Waals surface area contributed by atoms with Crippen LogP contribution < -0.4 is 0 Å². The number of carbonyl (C=O) groups is 3. The summed E-state index contributed by atoms with van der Waals surface area (Å²) in [5.41, 5.74) is 0. The van der Waals surface area contributed by atoms with Gasteiger partial charge in [-0.1, -0.05) is 260 Å². The first-order chi connectivity index (χ1) is 33.5. The predicted molar refractivity (Wildman–Crippen MR) is 293 cm³/mol. The van der Waals surface area contributed by atoms with Gasteiger partial charge in [0.15, 0.2) is 6.10 Å². The summed E-state index contributed by atoms with van der Waals surface area (Å²) in [5, 5.41) is 0. The number of unbranched alkanes of at least 4 members (excludes halogenated alkanes) is 27. The average Bonchev–Trinajstić information content (AvgIpc) is 3.34. The van der Waals surface area contributed by atoms with E-state index in [0.29, 0.717) is 12.8 Å². The van der Waals surface area contributed by atoms with Crippen LogP contribution in [0.4, 0.5) is 0 Å². The highest BCUT2D eigenvalue weighted by Gasteiger charge is 2.19. The Balaban J connectivity index is 4.47. The van der Waals surface area contributed by atoms with Gasteiger partial charge in [-0.25, -0.2) is 0 Å². The Kier molecular flexibility index (Phi) is 53.4. The highest BCUT2D eigenvalue weighted by Crippen LogP contribution is 2.16. The average molecular weight is 948 g/mol. The van der Waals surface area contributed by atoms with Gasteiger partial charge in [0, 0.05) is 12.8 Å². The molecule has 0 bridgehead atoms. The van der Waals surface area contributed by atoms with Crippen molar-refractivity contribution in [1.29, 1.82) is 0 Å². The first-order valence-electron chi connectivity index (χ1n) is 28.6. The SMILES string of the molecule is CC/C=C\C/C=C\C/C=C\C/C=C\C/C=C\CC(=O)OCC(COC(=O)CCCCCCCCCCCCCCCCCCCC)OC(=O)CCCCCCCCC/C=C\C/C=C\CCCCC. The van der Waals surface area contributed by atoms with E-state index >= 15 is 0 Å². The summed E-state index contributed by atoms with van der Waals surface area (Å²) >= 11 is 0. The summed E-state index contributed by atoms with van der Waals surface area (Å²) in [4.78, 5) is 38.1. The second-order valence-corrected chi connectivity index (χ2v) is 18.8. The Bertz CT molecular complexity index is 1320. The maximum atomic E-state index is 12.8. The standard InChI is InChI=1S/C62H106O6/c1-4-7-10-13-16-19-22-25-28-30-32-34-37-40-43-46-49-52-55-61(64)67-58-59(57-66-60(63)54-51-48-45-42-39-36-33-27-24-21-18-15-12-9-6-3)68-62(65)56-53-50-47-44-41-38-35-31-29-26-23-20-17-14-11-8-5-2/h9,12,17-18,20-21,26-27,29,33,39,42,48,51,59H,4-8,10-11,13-16,19,22-25,28,30-32,34-38,40-41,43-47,49-50,52-58H2,1-3H3/b12-9-,20-17-,21-18-,29-26-,33-27-,42-39-,51-48-. The number of ether oxygens (including phenoxy) is 3. The summed E-state index contributed by atoms with van der Waals surface area (Å²) < 4.78 is 16.8. The van der Waals surface area contributed by atoms with Gasteiger partial charge >= 0.3 is 17.9 Å². The van der Waals surface area contributed by atoms with E-state index in [2.05, 4.69) is 93.7 Å². The molecule has 0 heterocycles. The van der Waals surface area contributed by atoms with Gasteiger partial charge in [-0.05, 0) is 77.0 Å². The van der Waals surface area contributed by atoms with Crippen LogP contribution in [0.25, 0.3) is 0 Å². The highest BCUT2D eigenvalue weighted by atomic mass is 16.6. The molecule has 6 nitrogen and oxygen atoms in total.